The SMILES string of the molecule is Cc1cccc(N(C)c2ccc(C(N)=NO)c(Cl)c2)c1. The molecule has 0 spiro atoms. The van der Waals surface area contributed by atoms with Crippen LogP contribution < -0.4 is 10.6 Å². The van der Waals surface area contributed by atoms with Gasteiger partial charge >= 0.3 is 0 Å². The van der Waals surface area contributed by atoms with E-state index in [9.17, 15) is 0 Å². The Labute approximate surface area is 123 Å². The van der Waals surface area contributed by atoms with Gasteiger partial charge in [-0.2, -0.15) is 0 Å². The second kappa shape index (κ2) is 5.84. The van der Waals surface area contributed by atoms with Crippen molar-refractivity contribution in [2.45, 2.75) is 6.92 Å². The lowest BCUT2D eigenvalue weighted by Crippen LogP contribution is -2.15. The zero-order chi connectivity index (χ0) is 14.7. The summed E-state index contributed by atoms with van der Waals surface area (Å²) in [6.07, 6.45) is 0. The van der Waals surface area contributed by atoms with Crippen molar-refractivity contribution in [2.24, 2.45) is 10.9 Å². The van der Waals surface area contributed by atoms with Gasteiger partial charge in [0.05, 0.1) is 5.02 Å². The van der Waals surface area contributed by atoms with Gasteiger partial charge in [-0.1, -0.05) is 28.9 Å². The van der Waals surface area contributed by atoms with Gasteiger partial charge in [-0.3, -0.25) is 0 Å². The van der Waals surface area contributed by atoms with Crippen LogP contribution in [0.25, 0.3) is 0 Å². The van der Waals surface area contributed by atoms with Crippen LogP contribution in [0, 0.1) is 6.92 Å². The molecule has 20 heavy (non-hydrogen) atoms. The van der Waals surface area contributed by atoms with Crippen molar-refractivity contribution in [1.29, 1.82) is 0 Å². The second-order valence-electron chi connectivity index (χ2n) is 4.55. The lowest BCUT2D eigenvalue weighted by molar-refractivity contribution is 0.318. The number of hydrogen-bond donors (Lipinski definition) is 2. The minimum atomic E-state index is -0.000224. The summed E-state index contributed by atoms with van der Waals surface area (Å²) in [5.41, 5.74) is 9.25. The van der Waals surface area contributed by atoms with Crippen LogP contribution in [0.4, 0.5) is 11.4 Å². The highest BCUT2D eigenvalue weighted by molar-refractivity contribution is 6.34. The molecule has 2 aromatic carbocycles. The Balaban J connectivity index is 2.37. The number of aryl methyl sites for hydroxylation is 1. The molecule has 0 radical (unpaired) electrons. The molecule has 0 amide bonds. The van der Waals surface area contributed by atoms with Crippen LogP contribution in [0.15, 0.2) is 47.6 Å². The predicted molar refractivity (Wildman–Crippen MR) is 83.2 cm³/mol. The van der Waals surface area contributed by atoms with Crippen LogP contribution >= 0.6 is 11.6 Å². The van der Waals surface area contributed by atoms with E-state index >= 15 is 0 Å². The average molecular weight is 290 g/mol. The molecule has 0 unspecified atom stereocenters. The quantitative estimate of drug-likeness (QED) is 0.393. The van der Waals surface area contributed by atoms with E-state index in [-0.39, 0.29) is 5.84 Å². The maximum Gasteiger partial charge on any atom is 0.171 e. The fourth-order valence-corrected chi connectivity index (χ4v) is 2.23. The zero-order valence-electron chi connectivity index (χ0n) is 11.3. The number of oxime groups is 1. The zero-order valence-corrected chi connectivity index (χ0v) is 12.1. The van der Waals surface area contributed by atoms with Crippen LogP contribution in [0.2, 0.25) is 5.02 Å². The van der Waals surface area contributed by atoms with Crippen molar-refractivity contribution in [3.63, 3.8) is 0 Å². The number of rotatable bonds is 3. The number of halogens is 1. The lowest BCUT2D eigenvalue weighted by Gasteiger charge is -2.20. The van der Waals surface area contributed by atoms with Crippen molar-refractivity contribution >= 4 is 28.8 Å². The van der Waals surface area contributed by atoms with E-state index < -0.39 is 0 Å². The summed E-state index contributed by atoms with van der Waals surface area (Å²) in [5.74, 6) is -0.000224. The molecule has 0 saturated carbocycles. The van der Waals surface area contributed by atoms with Gasteiger partial charge in [0, 0.05) is 24.0 Å². The number of benzene rings is 2. The summed E-state index contributed by atoms with van der Waals surface area (Å²) in [6, 6.07) is 13.6. The Morgan fingerprint density at radius 1 is 1.20 bits per heavy atom. The molecule has 0 bridgehead atoms. The number of amidine groups is 1. The molecule has 0 aliphatic carbocycles. The molecule has 0 fully saturated rings. The minimum Gasteiger partial charge on any atom is -0.409 e. The van der Waals surface area contributed by atoms with Gasteiger partial charge in [0.1, 0.15) is 0 Å². The van der Waals surface area contributed by atoms with Crippen molar-refractivity contribution in [3.05, 3.63) is 58.6 Å². The standard InChI is InChI=1S/C15H16ClN3O/c1-10-4-3-5-11(8-10)19(2)12-6-7-13(14(16)9-12)15(17)18-20/h3-9,20H,1-2H3,(H2,17,18). The van der Waals surface area contributed by atoms with Gasteiger partial charge in [-0.25, -0.2) is 0 Å². The highest BCUT2D eigenvalue weighted by atomic mass is 35.5. The fourth-order valence-electron chi connectivity index (χ4n) is 1.96. The van der Waals surface area contributed by atoms with Crippen molar-refractivity contribution in [3.8, 4) is 0 Å². The molecule has 2 rings (SSSR count). The van der Waals surface area contributed by atoms with Crippen LogP contribution in [-0.2, 0) is 0 Å². The smallest absolute Gasteiger partial charge is 0.171 e. The van der Waals surface area contributed by atoms with E-state index in [1.807, 2.05) is 43.1 Å². The van der Waals surface area contributed by atoms with Gasteiger partial charge in [0.15, 0.2) is 5.84 Å². The first-order chi connectivity index (χ1) is 9.52. The summed E-state index contributed by atoms with van der Waals surface area (Å²) < 4.78 is 0. The average Bonchev–Trinajstić information content (AvgIpc) is 2.45. The summed E-state index contributed by atoms with van der Waals surface area (Å²) in [7, 11) is 1.96. The van der Waals surface area contributed by atoms with E-state index in [1.54, 1.807) is 12.1 Å². The largest absolute Gasteiger partial charge is 0.409 e. The van der Waals surface area contributed by atoms with Crippen LogP contribution in [0.1, 0.15) is 11.1 Å². The van der Waals surface area contributed by atoms with Crippen molar-refractivity contribution < 1.29 is 5.21 Å². The Bertz CT molecular complexity index is 655. The molecule has 2 aromatic rings. The Morgan fingerprint density at radius 2 is 1.90 bits per heavy atom. The van der Waals surface area contributed by atoms with Crippen molar-refractivity contribution in [1.82, 2.24) is 0 Å². The summed E-state index contributed by atoms with van der Waals surface area (Å²) in [5, 5.41) is 12.1. The topological polar surface area (TPSA) is 61.8 Å². The molecule has 3 N–H and O–H groups in total. The molecule has 0 aliphatic heterocycles. The number of hydrogen-bond acceptors (Lipinski definition) is 3. The first kappa shape index (κ1) is 14.2. The third-order valence-electron chi connectivity index (χ3n) is 3.11. The van der Waals surface area contributed by atoms with E-state index in [2.05, 4.69) is 11.2 Å². The normalized spacial score (nSPS) is 11.4. The monoisotopic (exact) mass is 289 g/mol. The van der Waals surface area contributed by atoms with Crippen LogP contribution in [-0.4, -0.2) is 18.1 Å². The molecule has 0 aromatic heterocycles. The highest BCUT2D eigenvalue weighted by Gasteiger charge is 2.10. The number of nitrogens with two attached hydrogens (primary N) is 1. The lowest BCUT2D eigenvalue weighted by atomic mass is 10.1. The first-order valence-electron chi connectivity index (χ1n) is 6.11. The third-order valence-corrected chi connectivity index (χ3v) is 3.43. The van der Waals surface area contributed by atoms with Gasteiger partial charge in [0.25, 0.3) is 0 Å². The Kier molecular flexibility index (Phi) is 4.15. The molecular weight excluding hydrogens is 274 g/mol. The van der Waals surface area contributed by atoms with Gasteiger partial charge in [-0.05, 0) is 42.8 Å². The number of anilines is 2. The van der Waals surface area contributed by atoms with Gasteiger partial charge in [0.2, 0.25) is 0 Å². The van der Waals surface area contributed by atoms with Gasteiger partial charge < -0.3 is 15.8 Å². The molecule has 5 heteroatoms. The van der Waals surface area contributed by atoms with Crippen LogP contribution in [0.5, 0.6) is 0 Å². The summed E-state index contributed by atoms with van der Waals surface area (Å²) in [4.78, 5) is 2.02. The van der Waals surface area contributed by atoms with E-state index in [0.717, 1.165) is 11.4 Å². The van der Waals surface area contributed by atoms with E-state index in [4.69, 9.17) is 22.5 Å². The molecule has 4 nitrogen and oxygen atoms in total. The maximum atomic E-state index is 8.69. The predicted octanol–water partition coefficient (Wildman–Crippen LogP) is 3.51. The van der Waals surface area contributed by atoms with Gasteiger partial charge in [-0.15, -0.1) is 0 Å². The molecular formula is C15H16ClN3O. The maximum absolute atomic E-state index is 8.69. The van der Waals surface area contributed by atoms with Crippen LogP contribution in [0.3, 0.4) is 0 Å². The second-order valence-corrected chi connectivity index (χ2v) is 4.95. The third kappa shape index (κ3) is 2.86. The van der Waals surface area contributed by atoms with E-state index in [1.165, 1.54) is 5.56 Å². The highest BCUT2D eigenvalue weighted by Crippen LogP contribution is 2.28. The summed E-state index contributed by atoms with van der Waals surface area (Å²) >= 11 is 6.17. The number of nitrogens with zero attached hydrogens (tertiary/aromatic N) is 2. The molecule has 0 heterocycles. The minimum absolute atomic E-state index is 0.000224. The molecule has 0 saturated heterocycles. The molecule has 104 valence electrons. The molecule has 0 aliphatic rings. The van der Waals surface area contributed by atoms with Crippen molar-refractivity contribution in [2.75, 3.05) is 11.9 Å². The van der Waals surface area contributed by atoms with E-state index in [0.29, 0.717) is 10.6 Å². The molecule has 0 atom stereocenters. The fraction of sp³-hybridized carbons (Fsp3) is 0.133. The first-order valence-corrected chi connectivity index (χ1v) is 6.48. The Morgan fingerprint density at radius 3 is 2.50 bits per heavy atom. The Hall–Kier alpha value is -2.20. The summed E-state index contributed by atoms with van der Waals surface area (Å²) in [6.45, 7) is 2.05.